The quantitative estimate of drug-likeness (QED) is 0.543. The van der Waals surface area contributed by atoms with E-state index in [1.165, 1.54) is 11.6 Å². The van der Waals surface area contributed by atoms with Crippen LogP contribution in [0.3, 0.4) is 0 Å². The van der Waals surface area contributed by atoms with Gasteiger partial charge >= 0.3 is 5.69 Å². The van der Waals surface area contributed by atoms with Gasteiger partial charge in [0.25, 0.3) is 5.56 Å². The van der Waals surface area contributed by atoms with Gasteiger partial charge in [-0.25, -0.2) is 4.79 Å². The molecule has 9 heteroatoms. The number of aromatic nitrogens is 4. The van der Waals surface area contributed by atoms with Crippen molar-refractivity contribution >= 4 is 17.1 Å². The predicted octanol–water partition coefficient (Wildman–Crippen LogP) is 0.780. The van der Waals surface area contributed by atoms with Crippen LogP contribution in [0.1, 0.15) is 5.56 Å². The Morgan fingerprint density at radius 3 is 2.59 bits per heavy atom. The fraction of sp³-hybridized carbons (Fsp3) is 0.350. The van der Waals surface area contributed by atoms with Crippen molar-refractivity contribution in [2.24, 2.45) is 14.1 Å². The molecule has 0 saturated carbocycles. The molecule has 0 bridgehead atoms. The van der Waals surface area contributed by atoms with E-state index in [1.807, 2.05) is 31.2 Å². The second kappa shape index (κ2) is 8.36. The van der Waals surface area contributed by atoms with Crippen molar-refractivity contribution < 1.29 is 9.84 Å². The minimum atomic E-state index is -0.903. The molecular formula is C20H25N5O4. The zero-order valence-electron chi connectivity index (χ0n) is 16.8. The zero-order valence-corrected chi connectivity index (χ0v) is 16.8. The summed E-state index contributed by atoms with van der Waals surface area (Å²) in [4.78, 5) is 29.3. The van der Waals surface area contributed by atoms with Gasteiger partial charge in [0.05, 0.1) is 6.54 Å². The number of aliphatic hydroxyl groups excluding tert-OH is 1. The third kappa shape index (κ3) is 4.09. The van der Waals surface area contributed by atoms with Crippen molar-refractivity contribution in [3.05, 3.63) is 63.3 Å². The van der Waals surface area contributed by atoms with Gasteiger partial charge in [-0.2, -0.15) is 4.98 Å². The Morgan fingerprint density at radius 1 is 1.24 bits per heavy atom. The smallest absolute Gasteiger partial charge is 0.332 e. The fourth-order valence-corrected chi connectivity index (χ4v) is 3.01. The van der Waals surface area contributed by atoms with Crippen molar-refractivity contribution in [2.45, 2.75) is 19.6 Å². The normalized spacial score (nSPS) is 12.1. The molecule has 0 radical (unpaired) electrons. The molecule has 9 nitrogen and oxygen atoms in total. The Morgan fingerprint density at radius 2 is 1.93 bits per heavy atom. The first-order valence-electron chi connectivity index (χ1n) is 9.22. The predicted molar refractivity (Wildman–Crippen MR) is 112 cm³/mol. The van der Waals surface area contributed by atoms with Crippen LogP contribution in [0.15, 0.2) is 46.5 Å². The SMILES string of the molecule is C=CCNc1nc2c(c(=O)n(C)c(=O)n2C)n1C[C@H](O)COc1ccc(C)cc1. The second-order valence-corrected chi connectivity index (χ2v) is 6.87. The summed E-state index contributed by atoms with van der Waals surface area (Å²) in [5, 5.41) is 13.6. The van der Waals surface area contributed by atoms with Crippen LogP contribution in [0.4, 0.5) is 5.95 Å². The molecule has 0 unspecified atom stereocenters. The molecule has 0 fully saturated rings. The summed E-state index contributed by atoms with van der Waals surface area (Å²) >= 11 is 0. The largest absolute Gasteiger partial charge is 0.491 e. The summed E-state index contributed by atoms with van der Waals surface area (Å²) in [6.07, 6.45) is 0.748. The van der Waals surface area contributed by atoms with Crippen LogP contribution in [0.5, 0.6) is 5.75 Å². The van der Waals surface area contributed by atoms with E-state index in [1.54, 1.807) is 17.7 Å². The Balaban J connectivity index is 1.93. The van der Waals surface area contributed by atoms with E-state index >= 15 is 0 Å². The molecule has 3 rings (SSSR count). The van der Waals surface area contributed by atoms with Crippen molar-refractivity contribution in [3.63, 3.8) is 0 Å². The second-order valence-electron chi connectivity index (χ2n) is 6.87. The summed E-state index contributed by atoms with van der Waals surface area (Å²) in [7, 11) is 2.96. The lowest BCUT2D eigenvalue weighted by molar-refractivity contribution is 0.0938. The molecule has 2 heterocycles. The topological polar surface area (TPSA) is 103 Å². The lowest BCUT2D eigenvalue weighted by atomic mass is 10.2. The number of hydrogen-bond acceptors (Lipinski definition) is 6. The number of ether oxygens (including phenoxy) is 1. The molecular weight excluding hydrogens is 374 g/mol. The Bertz CT molecular complexity index is 1140. The van der Waals surface area contributed by atoms with E-state index < -0.39 is 17.4 Å². The maximum atomic E-state index is 12.7. The maximum Gasteiger partial charge on any atom is 0.332 e. The zero-order chi connectivity index (χ0) is 21.1. The highest BCUT2D eigenvalue weighted by atomic mass is 16.5. The summed E-state index contributed by atoms with van der Waals surface area (Å²) < 4.78 is 9.54. The number of nitrogens with zero attached hydrogens (tertiary/aromatic N) is 4. The van der Waals surface area contributed by atoms with E-state index in [0.717, 1.165) is 10.1 Å². The summed E-state index contributed by atoms with van der Waals surface area (Å²) in [6.45, 7) is 6.16. The highest BCUT2D eigenvalue weighted by molar-refractivity contribution is 5.74. The van der Waals surface area contributed by atoms with Gasteiger partial charge in [-0.1, -0.05) is 23.8 Å². The first-order chi connectivity index (χ1) is 13.8. The number of fused-ring (bicyclic) bond motifs is 1. The minimum absolute atomic E-state index is 0.0374. The third-order valence-electron chi connectivity index (χ3n) is 4.61. The first kappa shape index (κ1) is 20.4. The Labute approximate surface area is 167 Å². The molecule has 154 valence electrons. The Kier molecular flexibility index (Phi) is 5.88. The number of aryl methyl sites for hydroxylation is 2. The maximum absolute atomic E-state index is 12.7. The summed E-state index contributed by atoms with van der Waals surface area (Å²) in [5.41, 5.74) is 0.647. The van der Waals surface area contributed by atoms with E-state index in [9.17, 15) is 14.7 Å². The molecule has 0 aliphatic carbocycles. The van der Waals surface area contributed by atoms with Gasteiger partial charge in [0.1, 0.15) is 18.5 Å². The van der Waals surface area contributed by atoms with Gasteiger partial charge < -0.3 is 19.7 Å². The molecule has 1 aromatic carbocycles. The summed E-state index contributed by atoms with van der Waals surface area (Å²) in [6, 6.07) is 7.51. The van der Waals surface area contributed by atoms with Crippen LogP contribution in [-0.2, 0) is 20.6 Å². The molecule has 0 aliphatic heterocycles. The monoisotopic (exact) mass is 399 g/mol. The van der Waals surface area contributed by atoms with Crippen LogP contribution in [0.2, 0.25) is 0 Å². The average molecular weight is 399 g/mol. The minimum Gasteiger partial charge on any atom is -0.491 e. The van der Waals surface area contributed by atoms with Crippen molar-refractivity contribution in [2.75, 3.05) is 18.5 Å². The van der Waals surface area contributed by atoms with E-state index in [4.69, 9.17) is 4.74 Å². The van der Waals surface area contributed by atoms with Crippen molar-refractivity contribution in [1.29, 1.82) is 0 Å². The van der Waals surface area contributed by atoms with Gasteiger partial charge in [0.15, 0.2) is 11.2 Å². The van der Waals surface area contributed by atoms with Gasteiger partial charge in [-0.05, 0) is 19.1 Å². The van der Waals surface area contributed by atoms with Crippen LogP contribution < -0.4 is 21.3 Å². The number of rotatable bonds is 8. The molecule has 0 aliphatic rings. The number of hydrogen-bond donors (Lipinski definition) is 2. The fourth-order valence-electron chi connectivity index (χ4n) is 3.01. The molecule has 29 heavy (non-hydrogen) atoms. The number of nitrogens with one attached hydrogen (secondary N) is 1. The van der Waals surface area contributed by atoms with Crippen LogP contribution in [0, 0.1) is 6.92 Å². The molecule has 0 amide bonds. The van der Waals surface area contributed by atoms with E-state index in [2.05, 4.69) is 16.9 Å². The van der Waals surface area contributed by atoms with E-state index in [-0.39, 0.29) is 24.3 Å². The van der Waals surface area contributed by atoms with Gasteiger partial charge in [0, 0.05) is 20.6 Å². The number of aliphatic hydroxyl groups is 1. The molecule has 3 aromatic rings. The van der Waals surface area contributed by atoms with Crippen LogP contribution >= 0.6 is 0 Å². The average Bonchev–Trinajstić information content (AvgIpc) is 3.07. The van der Waals surface area contributed by atoms with Crippen molar-refractivity contribution in [1.82, 2.24) is 18.7 Å². The van der Waals surface area contributed by atoms with Crippen molar-refractivity contribution in [3.8, 4) is 5.75 Å². The lowest BCUT2D eigenvalue weighted by Gasteiger charge is -2.16. The van der Waals surface area contributed by atoms with Crippen LogP contribution in [0.25, 0.3) is 11.2 Å². The van der Waals surface area contributed by atoms with Gasteiger partial charge in [-0.15, -0.1) is 6.58 Å². The lowest BCUT2D eigenvalue weighted by Crippen LogP contribution is -2.38. The standard InChI is InChI=1S/C20H25N5O4/c1-5-10-21-19-22-17-16(18(27)24(4)20(28)23(17)3)25(19)11-14(26)12-29-15-8-6-13(2)7-9-15/h5-9,14,26H,1,10-12H2,2-4H3,(H,21,22)/t14-/m0/s1. The first-order valence-corrected chi connectivity index (χ1v) is 9.22. The number of imidazole rings is 1. The molecule has 0 spiro atoms. The molecule has 2 N–H and O–H groups in total. The summed E-state index contributed by atoms with van der Waals surface area (Å²) in [5.74, 6) is 1.01. The van der Waals surface area contributed by atoms with Crippen LogP contribution in [-0.4, -0.2) is 43.0 Å². The number of anilines is 1. The highest BCUT2D eigenvalue weighted by Gasteiger charge is 2.21. The molecule has 1 atom stereocenters. The number of benzene rings is 1. The van der Waals surface area contributed by atoms with E-state index in [0.29, 0.717) is 18.2 Å². The van der Waals surface area contributed by atoms with Gasteiger partial charge in [-0.3, -0.25) is 13.9 Å². The highest BCUT2D eigenvalue weighted by Crippen LogP contribution is 2.17. The Hall–Kier alpha value is -3.33. The third-order valence-corrected chi connectivity index (χ3v) is 4.61. The molecule has 2 aromatic heterocycles. The van der Waals surface area contributed by atoms with Gasteiger partial charge in [0.2, 0.25) is 5.95 Å². The molecule has 0 saturated heterocycles.